The zero-order chi connectivity index (χ0) is 27.0. The molecule has 0 bridgehead atoms. The summed E-state index contributed by atoms with van der Waals surface area (Å²) < 4.78 is 29.0. The number of hydrogen-bond acceptors (Lipinski definition) is 6. The van der Waals surface area contributed by atoms with Gasteiger partial charge in [-0.15, -0.1) is 0 Å². The van der Waals surface area contributed by atoms with Crippen molar-refractivity contribution in [2.24, 2.45) is 7.05 Å². The Morgan fingerprint density at radius 3 is 2.18 bits per heavy atom. The average molecular weight is 516 g/mol. The van der Waals surface area contributed by atoms with Gasteiger partial charge in [0.15, 0.2) is 0 Å². The molecule has 3 heterocycles. The molecule has 5 rings (SSSR count). The zero-order valence-electron chi connectivity index (χ0n) is 21.1. The van der Waals surface area contributed by atoms with Crippen molar-refractivity contribution in [3.8, 4) is 6.07 Å². The van der Waals surface area contributed by atoms with Gasteiger partial charge in [-0.1, -0.05) is 24.3 Å². The van der Waals surface area contributed by atoms with Gasteiger partial charge in [-0.2, -0.15) is 5.26 Å². The quantitative estimate of drug-likeness (QED) is 0.436. The third-order valence-electron chi connectivity index (χ3n) is 7.29. The van der Waals surface area contributed by atoms with Crippen molar-refractivity contribution < 1.29 is 13.9 Å². The van der Waals surface area contributed by atoms with Crippen molar-refractivity contribution in [3.05, 3.63) is 106 Å². The molecule has 2 atom stereocenters. The van der Waals surface area contributed by atoms with Gasteiger partial charge in [-0.05, 0) is 54.4 Å². The van der Waals surface area contributed by atoms with Crippen molar-refractivity contribution >= 4 is 16.7 Å². The average Bonchev–Trinajstić information content (AvgIpc) is 2.93. The van der Waals surface area contributed by atoms with Crippen LogP contribution in [0, 0.1) is 23.0 Å². The van der Waals surface area contributed by atoms with E-state index in [0.717, 1.165) is 11.1 Å². The predicted octanol–water partition coefficient (Wildman–Crippen LogP) is 3.74. The lowest BCUT2D eigenvalue weighted by atomic mass is 9.93. The number of aromatic nitrogens is 2. The number of nitriles is 1. The van der Waals surface area contributed by atoms with E-state index >= 15 is 0 Å². The number of aryl methyl sites for hydroxylation is 1. The number of fused-ring (bicyclic) bond motifs is 1. The summed E-state index contributed by atoms with van der Waals surface area (Å²) in [5.74, 6) is -0.712. The van der Waals surface area contributed by atoms with Gasteiger partial charge in [0.1, 0.15) is 28.9 Å². The highest BCUT2D eigenvalue weighted by molar-refractivity contribution is 5.89. The maximum absolute atomic E-state index is 13.8. The van der Waals surface area contributed by atoms with E-state index < -0.39 is 0 Å². The Bertz CT molecular complexity index is 1520. The smallest absolute Gasteiger partial charge is 0.252 e. The van der Waals surface area contributed by atoms with Gasteiger partial charge in [0.05, 0.1) is 29.9 Å². The second kappa shape index (κ2) is 10.3. The van der Waals surface area contributed by atoms with E-state index in [4.69, 9.17) is 0 Å². The van der Waals surface area contributed by atoms with Gasteiger partial charge >= 0.3 is 0 Å². The number of benzene rings is 2. The van der Waals surface area contributed by atoms with Gasteiger partial charge in [-0.25, -0.2) is 13.8 Å². The highest BCUT2D eigenvalue weighted by Crippen LogP contribution is 2.36. The Labute approximate surface area is 218 Å². The highest BCUT2D eigenvalue weighted by Gasteiger charge is 2.37. The molecule has 1 fully saturated rings. The first-order valence-electron chi connectivity index (χ1n) is 12.4. The molecule has 1 N–H and O–H groups in total. The maximum atomic E-state index is 13.8. The molecular formula is C29H27F2N5O2. The number of anilines is 1. The molecule has 1 aliphatic rings. The van der Waals surface area contributed by atoms with Crippen LogP contribution in [0.3, 0.4) is 0 Å². The van der Waals surface area contributed by atoms with Crippen molar-refractivity contribution in [2.45, 2.75) is 25.0 Å². The van der Waals surface area contributed by atoms with Crippen LogP contribution in [0.5, 0.6) is 0 Å². The van der Waals surface area contributed by atoms with Gasteiger partial charge in [0, 0.05) is 32.2 Å². The topological polar surface area (TPSA) is 85.4 Å². The Kier molecular flexibility index (Phi) is 6.93. The van der Waals surface area contributed by atoms with Gasteiger partial charge in [0.25, 0.3) is 5.56 Å². The second-order valence-electron chi connectivity index (χ2n) is 9.64. The van der Waals surface area contributed by atoms with Crippen molar-refractivity contribution in [1.29, 1.82) is 5.26 Å². The molecule has 1 saturated heterocycles. The van der Waals surface area contributed by atoms with Crippen LogP contribution in [-0.2, 0) is 7.05 Å². The van der Waals surface area contributed by atoms with E-state index in [2.05, 4.69) is 16.0 Å². The van der Waals surface area contributed by atoms with Crippen LogP contribution in [0.4, 0.5) is 14.5 Å². The summed E-state index contributed by atoms with van der Waals surface area (Å²) in [7, 11) is 1.66. The molecule has 0 amide bonds. The standard InChI is InChI=1S/C29H27F2N5O2/c1-18-15-36(29(19-3-7-21(30)8-4-19)20-5-9-22(31)10-6-20)24(17-37)16-35(18)26-13-27(38)34(2)25-12-11-23(14-32)33-28(25)26/h3-13,18,24,29,37H,15-17H2,1-2H3/t18-,24-/m1/s1. The van der Waals surface area contributed by atoms with Crippen LogP contribution in [0.25, 0.3) is 11.0 Å². The van der Waals surface area contributed by atoms with E-state index in [9.17, 15) is 23.9 Å². The summed E-state index contributed by atoms with van der Waals surface area (Å²) in [5.41, 5.74) is 3.42. The minimum atomic E-state index is -0.371. The third kappa shape index (κ3) is 4.64. The lowest BCUT2D eigenvalue weighted by Gasteiger charge is -2.49. The fourth-order valence-corrected chi connectivity index (χ4v) is 5.34. The van der Waals surface area contributed by atoms with Crippen LogP contribution in [0.2, 0.25) is 0 Å². The summed E-state index contributed by atoms with van der Waals surface area (Å²) in [6, 6.07) is 18.4. The minimum Gasteiger partial charge on any atom is -0.395 e. The largest absolute Gasteiger partial charge is 0.395 e. The molecule has 2 aromatic heterocycles. The summed E-state index contributed by atoms with van der Waals surface area (Å²) in [6.07, 6.45) is 0. The predicted molar refractivity (Wildman–Crippen MR) is 141 cm³/mol. The molecule has 4 aromatic rings. The fraction of sp³-hybridized carbons (Fsp3) is 0.276. The van der Waals surface area contributed by atoms with Crippen molar-refractivity contribution in [3.63, 3.8) is 0 Å². The molecule has 0 aliphatic carbocycles. The highest BCUT2D eigenvalue weighted by atomic mass is 19.1. The van der Waals surface area contributed by atoms with E-state index in [-0.39, 0.29) is 47.6 Å². The molecule has 9 heteroatoms. The van der Waals surface area contributed by atoms with Crippen LogP contribution < -0.4 is 10.5 Å². The van der Waals surface area contributed by atoms with Crippen LogP contribution in [0.1, 0.15) is 29.8 Å². The number of nitrogens with zero attached hydrogens (tertiary/aromatic N) is 5. The second-order valence-corrected chi connectivity index (χ2v) is 9.64. The molecule has 38 heavy (non-hydrogen) atoms. The van der Waals surface area contributed by atoms with E-state index in [1.54, 1.807) is 43.4 Å². The van der Waals surface area contributed by atoms with Gasteiger partial charge < -0.3 is 14.6 Å². The first kappa shape index (κ1) is 25.5. The Morgan fingerprint density at radius 2 is 1.63 bits per heavy atom. The first-order valence-corrected chi connectivity index (χ1v) is 12.4. The van der Waals surface area contributed by atoms with Crippen LogP contribution in [0.15, 0.2) is 71.5 Å². The number of hydrogen-bond donors (Lipinski definition) is 1. The van der Waals surface area contributed by atoms with Crippen molar-refractivity contribution in [2.75, 3.05) is 24.6 Å². The SMILES string of the molecule is C[C@@H]1CN(C(c2ccc(F)cc2)c2ccc(F)cc2)[C@@H](CO)CN1c1cc(=O)n(C)c2ccc(C#N)nc12. The van der Waals surface area contributed by atoms with Gasteiger partial charge in [-0.3, -0.25) is 9.69 Å². The Morgan fingerprint density at radius 1 is 1.03 bits per heavy atom. The number of piperazine rings is 1. The number of rotatable bonds is 5. The Hall–Kier alpha value is -4.13. The lowest BCUT2D eigenvalue weighted by Crippen LogP contribution is -2.60. The monoisotopic (exact) mass is 515 g/mol. The summed E-state index contributed by atoms with van der Waals surface area (Å²) >= 11 is 0. The van der Waals surface area contributed by atoms with E-state index in [1.807, 2.05) is 11.8 Å². The molecule has 194 valence electrons. The molecule has 2 aromatic carbocycles. The zero-order valence-corrected chi connectivity index (χ0v) is 21.1. The normalized spacial score (nSPS) is 18.2. The van der Waals surface area contributed by atoms with Gasteiger partial charge in [0.2, 0.25) is 0 Å². The molecule has 0 unspecified atom stereocenters. The molecule has 0 saturated carbocycles. The number of halogens is 2. The third-order valence-corrected chi connectivity index (χ3v) is 7.29. The fourth-order valence-electron chi connectivity index (χ4n) is 5.34. The van der Waals surface area contributed by atoms with Crippen LogP contribution in [-0.4, -0.2) is 51.3 Å². The van der Waals surface area contributed by atoms with Crippen molar-refractivity contribution in [1.82, 2.24) is 14.5 Å². The Balaban J connectivity index is 1.58. The molecule has 1 aliphatic heterocycles. The van der Waals surface area contributed by atoms with Crippen LogP contribution >= 0.6 is 0 Å². The van der Waals surface area contributed by atoms with E-state index in [0.29, 0.717) is 29.8 Å². The lowest BCUT2D eigenvalue weighted by molar-refractivity contribution is 0.0727. The summed E-state index contributed by atoms with van der Waals surface area (Å²) in [4.78, 5) is 21.5. The number of aliphatic hydroxyl groups excluding tert-OH is 1. The molecule has 0 radical (unpaired) electrons. The summed E-state index contributed by atoms with van der Waals surface area (Å²) in [6.45, 7) is 2.70. The molecule has 7 nitrogen and oxygen atoms in total. The number of aliphatic hydroxyl groups is 1. The molecule has 0 spiro atoms. The maximum Gasteiger partial charge on any atom is 0.252 e. The summed E-state index contributed by atoms with van der Waals surface area (Å²) in [5, 5.41) is 19.9. The minimum absolute atomic E-state index is 0.121. The van der Waals surface area contributed by atoms with E-state index in [1.165, 1.54) is 34.9 Å². The first-order chi connectivity index (χ1) is 18.3. The molecular weight excluding hydrogens is 488 g/mol. The number of pyridine rings is 2.